The third-order valence-corrected chi connectivity index (χ3v) is 5.12. The molecule has 25 heavy (non-hydrogen) atoms. The van der Waals surface area contributed by atoms with Gasteiger partial charge in [-0.15, -0.1) is 0 Å². The fourth-order valence-corrected chi connectivity index (χ4v) is 3.77. The molecule has 1 aliphatic carbocycles. The Morgan fingerprint density at radius 2 is 1.88 bits per heavy atom. The molecule has 0 N–H and O–H groups in total. The van der Waals surface area contributed by atoms with Gasteiger partial charge in [-0.05, 0) is 84.4 Å². The zero-order valence-electron chi connectivity index (χ0n) is 14.6. The van der Waals surface area contributed by atoms with Gasteiger partial charge in [0.1, 0.15) is 0 Å². The molecule has 0 fully saturated rings. The summed E-state index contributed by atoms with van der Waals surface area (Å²) in [6.45, 7) is 8.13. The molecular formula is C22H21ClNO. The molecule has 1 atom stereocenters. The van der Waals surface area contributed by atoms with Gasteiger partial charge < -0.3 is 0 Å². The Bertz CT molecular complexity index is 865. The van der Waals surface area contributed by atoms with E-state index in [1.165, 1.54) is 0 Å². The lowest BCUT2D eigenvalue weighted by Crippen LogP contribution is -2.22. The monoisotopic (exact) mass is 350 g/mol. The van der Waals surface area contributed by atoms with Crippen LogP contribution < -0.4 is 0 Å². The lowest BCUT2D eigenvalue weighted by Gasteiger charge is -2.27. The molecule has 0 spiro atoms. The lowest BCUT2D eigenvalue weighted by atomic mass is 9.75. The standard InChI is InChI=1S/C22H21ClNO/c1-14-20(8-7-17-5-4-6-19(23)13-17)15(2)22(25)16(3)21(14)18-9-11-24-12-10-18/h4-6,9-13,16H,2,7-8H2,1,3H3. The Labute approximate surface area is 154 Å². The van der Waals surface area contributed by atoms with Crippen LogP contribution in [0.2, 0.25) is 5.02 Å². The van der Waals surface area contributed by atoms with Crippen LogP contribution in [0.5, 0.6) is 0 Å². The smallest absolute Gasteiger partial charge is 0.166 e. The number of hydrogen-bond acceptors (Lipinski definition) is 2. The van der Waals surface area contributed by atoms with Crippen molar-refractivity contribution in [2.75, 3.05) is 0 Å². The number of hydrogen-bond donors (Lipinski definition) is 0. The summed E-state index contributed by atoms with van der Waals surface area (Å²) in [6.07, 6.45) is 5.14. The summed E-state index contributed by atoms with van der Waals surface area (Å²) < 4.78 is 0. The normalized spacial score (nSPS) is 18.1. The molecule has 1 heterocycles. The fraction of sp³-hybridized carbons (Fsp3) is 0.227. The Hall–Kier alpha value is -2.19. The number of aryl methyl sites for hydroxylation is 1. The van der Waals surface area contributed by atoms with E-state index in [2.05, 4.69) is 24.9 Å². The number of carbonyl (C=O) groups excluding carboxylic acids is 1. The largest absolute Gasteiger partial charge is 0.294 e. The minimum Gasteiger partial charge on any atom is -0.294 e. The maximum atomic E-state index is 12.7. The molecule has 1 unspecified atom stereocenters. The van der Waals surface area contributed by atoms with Gasteiger partial charge >= 0.3 is 0 Å². The maximum absolute atomic E-state index is 12.7. The summed E-state index contributed by atoms with van der Waals surface area (Å²) in [7, 11) is 0. The van der Waals surface area contributed by atoms with Crippen LogP contribution in [0.3, 0.4) is 0 Å². The van der Waals surface area contributed by atoms with Crippen molar-refractivity contribution in [2.45, 2.75) is 26.7 Å². The highest BCUT2D eigenvalue weighted by Gasteiger charge is 2.30. The summed E-state index contributed by atoms with van der Waals surface area (Å²) in [6, 6.07) is 11.8. The predicted octanol–water partition coefficient (Wildman–Crippen LogP) is 5.49. The van der Waals surface area contributed by atoms with Crippen molar-refractivity contribution in [1.82, 2.24) is 4.98 Å². The molecule has 0 aliphatic heterocycles. The number of pyridine rings is 1. The highest BCUT2D eigenvalue weighted by molar-refractivity contribution is 6.30. The zero-order valence-corrected chi connectivity index (χ0v) is 15.3. The molecule has 3 heteroatoms. The third-order valence-electron chi connectivity index (χ3n) is 4.89. The molecule has 0 saturated heterocycles. The number of halogens is 1. The lowest BCUT2D eigenvalue weighted by molar-refractivity contribution is -0.117. The van der Waals surface area contributed by atoms with E-state index in [9.17, 15) is 4.79 Å². The van der Waals surface area contributed by atoms with Gasteiger partial charge in [0.15, 0.2) is 5.78 Å². The van der Waals surface area contributed by atoms with Crippen LogP contribution in [-0.4, -0.2) is 10.8 Å². The van der Waals surface area contributed by atoms with Crippen LogP contribution in [0.15, 0.2) is 65.5 Å². The van der Waals surface area contributed by atoms with E-state index in [0.717, 1.165) is 45.7 Å². The van der Waals surface area contributed by atoms with Crippen molar-refractivity contribution < 1.29 is 4.79 Å². The van der Waals surface area contributed by atoms with E-state index in [0.29, 0.717) is 5.57 Å². The van der Waals surface area contributed by atoms with Crippen molar-refractivity contribution in [2.24, 2.45) is 5.92 Å². The van der Waals surface area contributed by atoms with Gasteiger partial charge in [0, 0.05) is 23.3 Å². The molecule has 0 bridgehead atoms. The van der Waals surface area contributed by atoms with E-state index in [4.69, 9.17) is 11.6 Å². The molecular weight excluding hydrogens is 330 g/mol. The molecule has 1 aromatic carbocycles. The summed E-state index contributed by atoms with van der Waals surface area (Å²) in [5.74, 6) is -0.0664. The number of rotatable bonds is 4. The zero-order chi connectivity index (χ0) is 18.0. The van der Waals surface area contributed by atoms with Crippen molar-refractivity contribution in [3.63, 3.8) is 0 Å². The van der Waals surface area contributed by atoms with Crippen molar-refractivity contribution in [1.29, 1.82) is 0 Å². The van der Waals surface area contributed by atoms with Gasteiger partial charge in [-0.1, -0.05) is 30.7 Å². The van der Waals surface area contributed by atoms with E-state index in [1.807, 2.05) is 37.3 Å². The number of benzene rings is 1. The minimum atomic E-state index is -0.176. The van der Waals surface area contributed by atoms with Gasteiger partial charge in [-0.2, -0.15) is 0 Å². The topological polar surface area (TPSA) is 30.0 Å². The first-order valence-corrected chi connectivity index (χ1v) is 8.82. The number of Topliss-reactive ketones (excluding diaryl/α,β-unsaturated/α-hetero) is 1. The van der Waals surface area contributed by atoms with Crippen LogP contribution >= 0.6 is 11.6 Å². The Balaban J connectivity index is 1.96. The SMILES string of the molecule is [CH2]C1=C(CCc2cccc(Cl)c2)C(C)=C(c2ccncc2)C(C)C1=O. The summed E-state index contributed by atoms with van der Waals surface area (Å²) in [4.78, 5) is 16.8. The second-order valence-electron chi connectivity index (χ2n) is 6.45. The van der Waals surface area contributed by atoms with Gasteiger partial charge in [0.05, 0.1) is 0 Å². The number of ketones is 1. The molecule has 0 amide bonds. The molecule has 1 aliphatic rings. The quantitative estimate of drug-likeness (QED) is 0.729. The number of nitrogens with zero attached hydrogens (tertiary/aromatic N) is 1. The average Bonchev–Trinajstić information content (AvgIpc) is 2.61. The van der Waals surface area contributed by atoms with Crippen LogP contribution in [0.1, 0.15) is 31.4 Å². The van der Waals surface area contributed by atoms with Crippen LogP contribution in [0, 0.1) is 12.8 Å². The molecule has 127 valence electrons. The molecule has 0 saturated carbocycles. The van der Waals surface area contributed by atoms with E-state index in [1.54, 1.807) is 12.4 Å². The van der Waals surface area contributed by atoms with Crippen LogP contribution in [-0.2, 0) is 11.2 Å². The van der Waals surface area contributed by atoms with Gasteiger partial charge in [0.25, 0.3) is 0 Å². The second kappa shape index (κ2) is 7.37. The first-order valence-electron chi connectivity index (χ1n) is 8.44. The highest BCUT2D eigenvalue weighted by Crippen LogP contribution is 2.39. The molecule has 2 nitrogen and oxygen atoms in total. The Morgan fingerprint density at radius 1 is 1.16 bits per heavy atom. The van der Waals surface area contributed by atoms with E-state index < -0.39 is 0 Å². The number of carbonyl (C=O) groups is 1. The highest BCUT2D eigenvalue weighted by atomic mass is 35.5. The van der Waals surface area contributed by atoms with Crippen LogP contribution in [0.25, 0.3) is 5.57 Å². The average molecular weight is 351 g/mol. The van der Waals surface area contributed by atoms with E-state index in [-0.39, 0.29) is 11.7 Å². The molecule has 2 aromatic rings. The first-order chi connectivity index (χ1) is 12.0. The molecule has 1 aromatic heterocycles. The van der Waals surface area contributed by atoms with Gasteiger partial charge in [-0.3, -0.25) is 9.78 Å². The third kappa shape index (κ3) is 3.59. The maximum Gasteiger partial charge on any atom is 0.166 e. The van der Waals surface area contributed by atoms with Crippen molar-refractivity contribution in [3.05, 3.63) is 88.6 Å². The summed E-state index contributed by atoms with van der Waals surface area (Å²) >= 11 is 6.08. The van der Waals surface area contributed by atoms with Crippen molar-refractivity contribution in [3.8, 4) is 0 Å². The van der Waals surface area contributed by atoms with E-state index >= 15 is 0 Å². The Kier molecular flexibility index (Phi) is 5.19. The second-order valence-corrected chi connectivity index (χ2v) is 6.88. The van der Waals surface area contributed by atoms with Gasteiger partial charge in [0.2, 0.25) is 0 Å². The predicted molar refractivity (Wildman–Crippen MR) is 103 cm³/mol. The fourth-order valence-electron chi connectivity index (χ4n) is 3.55. The molecule has 1 radical (unpaired) electrons. The Morgan fingerprint density at radius 3 is 2.56 bits per heavy atom. The van der Waals surface area contributed by atoms with Crippen LogP contribution in [0.4, 0.5) is 0 Å². The first kappa shape index (κ1) is 17.6. The number of aromatic nitrogens is 1. The summed E-state index contributed by atoms with van der Waals surface area (Å²) in [5.41, 5.74) is 6.16. The van der Waals surface area contributed by atoms with Crippen molar-refractivity contribution >= 4 is 23.0 Å². The number of allylic oxidation sites excluding steroid dienone is 4. The van der Waals surface area contributed by atoms with Gasteiger partial charge in [-0.25, -0.2) is 0 Å². The molecule has 3 rings (SSSR count). The summed E-state index contributed by atoms with van der Waals surface area (Å²) in [5, 5.41) is 0.736. The minimum absolute atomic E-state index is 0.110.